The van der Waals surface area contributed by atoms with Crippen LogP contribution < -0.4 is 4.90 Å². The van der Waals surface area contributed by atoms with Crippen LogP contribution in [-0.2, 0) is 0 Å². The van der Waals surface area contributed by atoms with Crippen molar-refractivity contribution in [3.05, 3.63) is 54.3 Å². The van der Waals surface area contributed by atoms with Gasteiger partial charge in [-0.2, -0.15) is 4.98 Å². The van der Waals surface area contributed by atoms with Gasteiger partial charge in [0.1, 0.15) is 6.26 Å². The molecule has 0 spiro atoms. The van der Waals surface area contributed by atoms with Crippen LogP contribution in [0.3, 0.4) is 0 Å². The molecule has 33 heavy (non-hydrogen) atoms. The molecule has 0 aliphatic carbocycles. The van der Waals surface area contributed by atoms with Gasteiger partial charge in [-0.1, -0.05) is 12.1 Å². The Bertz CT molecular complexity index is 1090. The molecule has 4 heterocycles. The number of aromatic nitrogens is 2. The van der Waals surface area contributed by atoms with Crippen LogP contribution >= 0.6 is 0 Å². The summed E-state index contributed by atoms with van der Waals surface area (Å²) in [5.41, 5.74) is 2.51. The first-order valence-corrected chi connectivity index (χ1v) is 11.4. The fourth-order valence-electron chi connectivity index (χ4n) is 4.33. The molecule has 0 atom stereocenters. The number of piperidine rings is 1. The van der Waals surface area contributed by atoms with Gasteiger partial charge in [0, 0.05) is 50.5 Å². The van der Waals surface area contributed by atoms with Gasteiger partial charge in [-0.3, -0.25) is 9.59 Å². The highest BCUT2D eigenvalue weighted by Gasteiger charge is 2.29. The summed E-state index contributed by atoms with van der Waals surface area (Å²) in [7, 11) is 0. The number of hydrogen-bond donors (Lipinski definition) is 0. The zero-order valence-electron chi connectivity index (χ0n) is 18.6. The Balaban J connectivity index is 1.19. The van der Waals surface area contributed by atoms with Crippen molar-refractivity contribution in [1.82, 2.24) is 19.9 Å². The number of benzene rings is 1. The number of furan rings is 1. The first-order chi connectivity index (χ1) is 16.1. The van der Waals surface area contributed by atoms with Gasteiger partial charge in [0.25, 0.3) is 5.91 Å². The first kappa shape index (κ1) is 21.2. The SMILES string of the molecule is CC1CCN(c2ccc(-c3noc(C(=O)N4CCN(C(=O)c5ccoc5)CC4)n3)cc2)CC1. The number of piperazine rings is 1. The molecule has 2 saturated heterocycles. The Morgan fingerprint density at radius 3 is 2.21 bits per heavy atom. The summed E-state index contributed by atoms with van der Waals surface area (Å²) in [6.07, 6.45) is 5.33. The highest BCUT2D eigenvalue weighted by molar-refractivity contribution is 5.94. The number of carbonyl (C=O) groups is 2. The van der Waals surface area contributed by atoms with E-state index in [0.29, 0.717) is 37.6 Å². The van der Waals surface area contributed by atoms with Crippen LogP contribution in [0.5, 0.6) is 0 Å². The van der Waals surface area contributed by atoms with Crippen LogP contribution in [0.2, 0.25) is 0 Å². The lowest BCUT2D eigenvalue weighted by molar-refractivity contribution is 0.0507. The molecular weight excluding hydrogens is 422 g/mol. The van der Waals surface area contributed by atoms with Gasteiger partial charge in [-0.25, -0.2) is 0 Å². The third kappa shape index (κ3) is 4.48. The molecule has 2 aromatic heterocycles. The van der Waals surface area contributed by atoms with Crippen molar-refractivity contribution >= 4 is 17.5 Å². The number of carbonyl (C=O) groups excluding carboxylic acids is 2. The Morgan fingerprint density at radius 2 is 1.58 bits per heavy atom. The summed E-state index contributed by atoms with van der Waals surface area (Å²) in [6, 6.07) is 9.71. The van der Waals surface area contributed by atoms with Crippen LogP contribution in [0.1, 0.15) is 40.8 Å². The molecule has 2 amide bonds. The van der Waals surface area contributed by atoms with Crippen molar-refractivity contribution in [3.63, 3.8) is 0 Å². The molecule has 9 heteroatoms. The average molecular weight is 450 g/mol. The van der Waals surface area contributed by atoms with Crippen LogP contribution in [0.25, 0.3) is 11.4 Å². The molecule has 2 aliphatic heterocycles. The van der Waals surface area contributed by atoms with Gasteiger partial charge >= 0.3 is 11.8 Å². The molecule has 2 aliphatic rings. The predicted molar refractivity (Wildman–Crippen MR) is 121 cm³/mol. The highest BCUT2D eigenvalue weighted by atomic mass is 16.5. The molecule has 3 aromatic rings. The Kier molecular flexibility index (Phi) is 5.85. The molecule has 9 nitrogen and oxygen atoms in total. The first-order valence-electron chi connectivity index (χ1n) is 11.4. The minimum atomic E-state index is -0.316. The second-order valence-electron chi connectivity index (χ2n) is 8.74. The van der Waals surface area contributed by atoms with Gasteiger partial charge in [-0.15, -0.1) is 0 Å². The monoisotopic (exact) mass is 449 g/mol. The zero-order valence-corrected chi connectivity index (χ0v) is 18.6. The lowest BCUT2D eigenvalue weighted by atomic mass is 9.98. The smallest absolute Gasteiger partial charge is 0.316 e. The second kappa shape index (κ2) is 9.09. The molecule has 0 unspecified atom stereocenters. The summed E-state index contributed by atoms with van der Waals surface area (Å²) in [6.45, 7) is 6.13. The standard InChI is InChI=1S/C24H27N5O4/c1-17-6-9-27(10-7-17)20-4-2-18(3-5-20)21-25-22(33-26-21)24(31)29-13-11-28(12-14-29)23(30)19-8-15-32-16-19/h2-5,8,15-17H,6-7,9-14H2,1H3. The van der Waals surface area contributed by atoms with Crippen LogP contribution in [-0.4, -0.2) is 71.0 Å². The molecule has 5 rings (SSSR count). The van der Waals surface area contributed by atoms with Crippen molar-refractivity contribution in [1.29, 1.82) is 0 Å². The quantitative estimate of drug-likeness (QED) is 0.604. The number of hydrogen-bond acceptors (Lipinski definition) is 7. The third-order valence-electron chi connectivity index (χ3n) is 6.51. The highest BCUT2D eigenvalue weighted by Crippen LogP contribution is 2.25. The molecule has 1 aromatic carbocycles. The largest absolute Gasteiger partial charge is 0.472 e. The van der Waals surface area contributed by atoms with Gasteiger partial charge in [0.05, 0.1) is 11.8 Å². The number of anilines is 1. The van der Waals surface area contributed by atoms with E-state index in [1.807, 2.05) is 12.1 Å². The average Bonchev–Trinajstić information content (AvgIpc) is 3.57. The fourth-order valence-corrected chi connectivity index (χ4v) is 4.33. The Hall–Kier alpha value is -3.62. The molecule has 2 fully saturated rings. The van der Waals surface area contributed by atoms with Crippen molar-refractivity contribution < 1.29 is 18.5 Å². The van der Waals surface area contributed by atoms with E-state index < -0.39 is 0 Å². The maximum absolute atomic E-state index is 12.8. The van der Waals surface area contributed by atoms with E-state index in [1.54, 1.807) is 15.9 Å². The summed E-state index contributed by atoms with van der Waals surface area (Å²) >= 11 is 0. The lowest BCUT2D eigenvalue weighted by Gasteiger charge is -2.33. The van der Waals surface area contributed by atoms with Crippen LogP contribution in [0.4, 0.5) is 5.69 Å². The van der Waals surface area contributed by atoms with E-state index in [0.717, 1.165) is 24.6 Å². The topological polar surface area (TPSA) is 95.9 Å². The Labute approximate surface area is 191 Å². The number of nitrogens with zero attached hydrogens (tertiary/aromatic N) is 5. The van der Waals surface area contributed by atoms with E-state index >= 15 is 0 Å². The van der Waals surface area contributed by atoms with Gasteiger partial charge in [-0.05, 0) is 49.1 Å². The minimum absolute atomic E-state index is 0.0336. The maximum atomic E-state index is 12.8. The minimum Gasteiger partial charge on any atom is -0.472 e. The van der Waals surface area contributed by atoms with Crippen molar-refractivity contribution in [3.8, 4) is 11.4 Å². The van der Waals surface area contributed by atoms with Gasteiger partial charge in [0.2, 0.25) is 5.82 Å². The molecule has 0 radical (unpaired) electrons. The van der Waals surface area contributed by atoms with Crippen molar-refractivity contribution in [2.24, 2.45) is 5.92 Å². The number of amides is 2. The van der Waals surface area contributed by atoms with Crippen molar-refractivity contribution in [2.75, 3.05) is 44.2 Å². The molecule has 0 saturated carbocycles. The van der Waals surface area contributed by atoms with E-state index in [4.69, 9.17) is 8.94 Å². The van der Waals surface area contributed by atoms with E-state index in [1.165, 1.54) is 31.1 Å². The number of rotatable bonds is 4. The predicted octanol–water partition coefficient (Wildman–Crippen LogP) is 3.16. The normalized spacial score (nSPS) is 17.4. The second-order valence-corrected chi connectivity index (χ2v) is 8.74. The summed E-state index contributed by atoms with van der Waals surface area (Å²) in [4.78, 5) is 35.3. The maximum Gasteiger partial charge on any atom is 0.316 e. The zero-order chi connectivity index (χ0) is 22.8. The molecule has 172 valence electrons. The molecule has 0 bridgehead atoms. The summed E-state index contributed by atoms with van der Waals surface area (Å²) < 4.78 is 10.3. The summed E-state index contributed by atoms with van der Waals surface area (Å²) in [5.74, 6) is 0.733. The summed E-state index contributed by atoms with van der Waals surface area (Å²) in [5, 5.41) is 4.01. The third-order valence-corrected chi connectivity index (χ3v) is 6.51. The lowest BCUT2D eigenvalue weighted by Crippen LogP contribution is -2.50. The molecular formula is C24H27N5O4. The van der Waals surface area contributed by atoms with E-state index in [9.17, 15) is 9.59 Å². The molecule has 0 N–H and O–H groups in total. The Morgan fingerprint density at radius 1 is 0.909 bits per heavy atom. The van der Waals surface area contributed by atoms with E-state index in [-0.39, 0.29) is 17.7 Å². The fraction of sp³-hybridized carbons (Fsp3) is 0.417. The van der Waals surface area contributed by atoms with Gasteiger partial charge < -0.3 is 23.6 Å². The van der Waals surface area contributed by atoms with Crippen LogP contribution in [0, 0.1) is 5.92 Å². The van der Waals surface area contributed by atoms with E-state index in [2.05, 4.69) is 34.1 Å². The van der Waals surface area contributed by atoms with Crippen LogP contribution in [0.15, 0.2) is 51.8 Å². The van der Waals surface area contributed by atoms with Crippen molar-refractivity contribution in [2.45, 2.75) is 19.8 Å². The van der Waals surface area contributed by atoms with Gasteiger partial charge in [0.15, 0.2) is 0 Å².